The maximum Gasteiger partial charge on any atom is 0.234 e. The highest BCUT2D eigenvalue weighted by atomic mass is 79.9. The Morgan fingerprint density at radius 3 is 2.88 bits per heavy atom. The van der Waals surface area contributed by atoms with Gasteiger partial charge < -0.3 is 14.3 Å². The summed E-state index contributed by atoms with van der Waals surface area (Å²) in [6.45, 7) is 1.87. The number of nitrogens with one attached hydrogen (secondary N) is 1. The van der Waals surface area contributed by atoms with Gasteiger partial charge in [-0.3, -0.25) is 4.79 Å². The first kappa shape index (κ1) is 18.0. The molecule has 0 unspecified atom stereocenters. The van der Waals surface area contributed by atoms with E-state index in [9.17, 15) is 4.79 Å². The average Bonchev–Trinajstić information content (AvgIpc) is 3.14. The molecule has 0 saturated carbocycles. The lowest BCUT2D eigenvalue weighted by Gasteiger charge is -2.07. The molecule has 0 radical (unpaired) electrons. The molecule has 0 fully saturated rings. The van der Waals surface area contributed by atoms with Crippen molar-refractivity contribution in [2.24, 2.45) is 7.05 Å². The van der Waals surface area contributed by atoms with Crippen molar-refractivity contribution in [3.05, 3.63) is 45.8 Å². The maximum atomic E-state index is 12.1. The van der Waals surface area contributed by atoms with E-state index in [1.54, 1.807) is 18.4 Å². The number of anilines is 1. The van der Waals surface area contributed by atoms with Gasteiger partial charge in [0.25, 0.3) is 0 Å². The molecule has 3 aromatic rings. The normalized spacial score (nSPS) is 10.9. The van der Waals surface area contributed by atoms with Crippen LogP contribution in [0, 0.1) is 6.92 Å². The van der Waals surface area contributed by atoms with Crippen LogP contribution in [0.2, 0.25) is 5.02 Å². The van der Waals surface area contributed by atoms with E-state index in [4.69, 9.17) is 16.0 Å². The molecule has 2 aromatic heterocycles. The van der Waals surface area contributed by atoms with Gasteiger partial charge in [0, 0.05) is 11.5 Å². The molecule has 3 rings (SSSR count). The van der Waals surface area contributed by atoms with Crippen LogP contribution >= 0.6 is 39.3 Å². The Morgan fingerprint density at radius 1 is 1.40 bits per heavy atom. The van der Waals surface area contributed by atoms with Crippen molar-refractivity contribution < 1.29 is 9.21 Å². The van der Waals surface area contributed by atoms with Gasteiger partial charge in [-0.2, -0.15) is 0 Å². The third-order valence-corrected chi connectivity index (χ3v) is 5.30. The highest BCUT2D eigenvalue weighted by molar-refractivity contribution is 9.10. The van der Waals surface area contributed by atoms with Gasteiger partial charge in [-0.1, -0.05) is 39.3 Å². The number of furan rings is 1. The van der Waals surface area contributed by atoms with Gasteiger partial charge in [0.15, 0.2) is 11.0 Å². The number of carbonyl (C=O) groups is 1. The first-order chi connectivity index (χ1) is 12.0. The van der Waals surface area contributed by atoms with Crippen LogP contribution < -0.4 is 5.32 Å². The predicted molar refractivity (Wildman–Crippen MR) is 102 cm³/mol. The van der Waals surface area contributed by atoms with E-state index in [0.29, 0.717) is 21.7 Å². The molecule has 130 valence electrons. The summed E-state index contributed by atoms with van der Waals surface area (Å²) in [5, 5.41) is 12.2. The quantitative estimate of drug-likeness (QED) is 0.589. The molecule has 0 aliphatic rings. The van der Waals surface area contributed by atoms with Crippen LogP contribution in [0.3, 0.4) is 0 Å². The van der Waals surface area contributed by atoms with E-state index in [2.05, 4.69) is 31.4 Å². The molecule has 1 aromatic carbocycles. The number of aromatic nitrogens is 3. The first-order valence-corrected chi connectivity index (χ1v) is 9.43. The summed E-state index contributed by atoms with van der Waals surface area (Å²) in [5.41, 5.74) is 1.45. The van der Waals surface area contributed by atoms with Crippen molar-refractivity contribution in [1.82, 2.24) is 14.8 Å². The van der Waals surface area contributed by atoms with Crippen LogP contribution in [-0.4, -0.2) is 26.4 Å². The molecule has 0 bridgehead atoms. The molecule has 0 atom stereocenters. The van der Waals surface area contributed by atoms with Crippen molar-refractivity contribution in [2.75, 3.05) is 11.1 Å². The van der Waals surface area contributed by atoms with Gasteiger partial charge >= 0.3 is 0 Å². The van der Waals surface area contributed by atoms with E-state index in [-0.39, 0.29) is 11.7 Å². The van der Waals surface area contributed by atoms with Crippen molar-refractivity contribution in [3.8, 4) is 11.4 Å². The lowest BCUT2D eigenvalue weighted by molar-refractivity contribution is -0.113. The van der Waals surface area contributed by atoms with Gasteiger partial charge in [0.1, 0.15) is 5.76 Å². The van der Waals surface area contributed by atoms with E-state index in [1.165, 1.54) is 11.8 Å². The highest BCUT2D eigenvalue weighted by Crippen LogP contribution is 2.27. The Labute approximate surface area is 162 Å². The Kier molecular flexibility index (Phi) is 5.51. The lowest BCUT2D eigenvalue weighted by atomic mass is 10.2. The van der Waals surface area contributed by atoms with Crippen LogP contribution in [0.5, 0.6) is 0 Å². The number of aryl methyl sites for hydroxylation is 1. The molecular formula is C16H14BrClN4O2S. The number of benzene rings is 1. The van der Waals surface area contributed by atoms with Crippen LogP contribution in [0.1, 0.15) is 5.76 Å². The van der Waals surface area contributed by atoms with Crippen LogP contribution in [-0.2, 0) is 11.8 Å². The number of thioether (sulfide) groups is 1. The zero-order chi connectivity index (χ0) is 18.0. The minimum absolute atomic E-state index is 0.168. The zero-order valence-electron chi connectivity index (χ0n) is 13.4. The zero-order valence-corrected chi connectivity index (χ0v) is 16.6. The monoisotopic (exact) mass is 440 g/mol. The molecule has 9 heteroatoms. The van der Waals surface area contributed by atoms with Crippen molar-refractivity contribution in [2.45, 2.75) is 12.1 Å². The van der Waals surface area contributed by atoms with Gasteiger partial charge in [0.05, 0.1) is 28.3 Å². The van der Waals surface area contributed by atoms with Gasteiger partial charge in [0.2, 0.25) is 5.91 Å². The number of hydrogen-bond acceptors (Lipinski definition) is 5. The Hall–Kier alpha value is -1.77. The van der Waals surface area contributed by atoms with E-state index < -0.39 is 0 Å². The summed E-state index contributed by atoms with van der Waals surface area (Å²) in [4.78, 5) is 12.1. The van der Waals surface area contributed by atoms with Crippen LogP contribution in [0.15, 0.2) is 44.6 Å². The van der Waals surface area contributed by atoms with Gasteiger partial charge in [-0.15, -0.1) is 10.2 Å². The molecule has 0 aliphatic heterocycles. The molecule has 25 heavy (non-hydrogen) atoms. The summed E-state index contributed by atoms with van der Waals surface area (Å²) in [6, 6.07) is 7.14. The Morgan fingerprint density at radius 2 is 2.20 bits per heavy atom. The minimum Gasteiger partial charge on any atom is -0.469 e. The van der Waals surface area contributed by atoms with E-state index in [1.807, 2.05) is 30.7 Å². The number of amides is 1. The molecular weight excluding hydrogens is 428 g/mol. The molecule has 0 aliphatic carbocycles. The topological polar surface area (TPSA) is 72.9 Å². The van der Waals surface area contributed by atoms with Gasteiger partial charge in [-0.25, -0.2) is 0 Å². The predicted octanol–water partition coefficient (Wildman–Crippen LogP) is 4.53. The second-order valence-electron chi connectivity index (χ2n) is 5.22. The summed E-state index contributed by atoms with van der Waals surface area (Å²) in [5.74, 6) is 1.50. The summed E-state index contributed by atoms with van der Waals surface area (Å²) in [6.07, 6.45) is 1.61. The SMILES string of the molecule is Cc1occc1-c1nnc(SCC(=O)Nc2ccc(Br)cc2Cl)n1C. The van der Waals surface area contributed by atoms with Crippen molar-refractivity contribution in [3.63, 3.8) is 0 Å². The highest BCUT2D eigenvalue weighted by Gasteiger charge is 2.16. The number of rotatable bonds is 5. The fraction of sp³-hybridized carbons (Fsp3) is 0.188. The van der Waals surface area contributed by atoms with E-state index >= 15 is 0 Å². The van der Waals surface area contributed by atoms with Crippen LogP contribution in [0.25, 0.3) is 11.4 Å². The second kappa shape index (κ2) is 7.63. The Balaban J connectivity index is 1.65. The summed E-state index contributed by atoms with van der Waals surface area (Å²) >= 11 is 10.7. The first-order valence-electron chi connectivity index (χ1n) is 7.27. The van der Waals surface area contributed by atoms with Gasteiger partial charge in [-0.05, 0) is 31.2 Å². The number of halogens is 2. The summed E-state index contributed by atoms with van der Waals surface area (Å²) < 4.78 is 7.99. The average molecular weight is 442 g/mol. The third kappa shape index (κ3) is 4.08. The maximum absolute atomic E-state index is 12.1. The Bertz CT molecular complexity index is 925. The molecule has 6 nitrogen and oxygen atoms in total. The fourth-order valence-electron chi connectivity index (χ4n) is 2.20. The molecule has 0 spiro atoms. The lowest BCUT2D eigenvalue weighted by Crippen LogP contribution is -2.14. The number of hydrogen-bond donors (Lipinski definition) is 1. The van der Waals surface area contributed by atoms with Crippen LogP contribution in [0.4, 0.5) is 5.69 Å². The van der Waals surface area contributed by atoms with Crippen molar-refractivity contribution in [1.29, 1.82) is 0 Å². The standard InChI is InChI=1S/C16H14BrClN4O2S/c1-9-11(5-6-24-9)15-20-21-16(22(15)2)25-8-14(23)19-13-4-3-10(17)7-12(13)18/h3-7H,8H2,1-2H3,(H,19,23). The number of carbonyl (C=O) groups excluding carboxylic acids is 1. The molecule has 0 saturated heterocycles. The fourth-order valence-corrected chi connectivity index (χ4v) is 3.63. The largest absolute Gasteiger partial charge is 0.469 e. The summed E-state index contributed by atoms with van der Waals surface area (Å²) in [7, 11) is 1.85. The molecule has 1 amide bonds. The molecule has 2 heterocycles. The smallest absolute Gasteiger partial charge is 0.234 e. The number of nitrogens with zero attached hydrogens (tertiary/aromatic N) is 3. The van der Waals surface area contributed by atoms with E-state index in [0.717, 1.165) is 15.8 Å². The molecule has 1 N–H and O–H groups in total. The van der Waals surface area contributed by atoms with Crippen molar-refractivity contribution >= 4 is 50.9 Å². The second-order valence-corrected chi connectivity index (χ2v) is 7.48. The third-order valence-electron chi connectivity index (χ3n) is 3.47. The minimum atomic E-state index is -0.168.